The van der Waals surface area contributed by atoms with E-state index in [2.05, 4.69) is 36.5 Å². The second-order valence-electron chi connectivity index (χ2n) is 2.52. The molecule has 63 valence electrons. The smallest absolute Gasteiger partial charge is 0.0138 e. The Morgan fingerprint density at radius 3 is 2.67 bits per heavy atom. The van der Waals surface area contributed by atoms with Crippen molar-refractivity contribution < 1.29 is 0 Å². The Hall–Kier alpha value is -1.08. The Labute approximate surface area is 74.1 Å². The molecule has 0 aliphatic carbocycles. The van der Waals surface area contributed by atoms with Crippen molar-refractivity contribution in [2.45, 2.75) is 0 Å². The molecule has 1 heteroatoms. The molecule has 0 atom stereocenters. The molecule has 1 nitrogen and oxygen atoms in total. The monoisotopic (exact) mass is 160 g/mol. The van der Waals surface area contributed by atoms with Gasteiger partial charge in [0.1, 0.15) is 0 Å². The topological polar surface area (TPSA) is 12.0 Å². The van der Waals surface area contributed by atoms with Crippen molar-refractivity contribution in [3.05, 3.63) is 48.9 Å². The summed E-state index contributed by atoms with van der Waals surface area (Å²) >= 11 is 0. The first-order valence-electron chi connectivity index (χ1n) is 4.15. The fraction of sp³-hybridized carbons (Fsp3) is 0.182. The van der Waals surface area contributed by atoms with E-state index in [9.17, 15) is 0 Å². The Morgan fingerprint density at radius 1 is 1.25 bits per heavy atom. The van der Waals surface area contributed by atoms with Crippen LogP contribution in [0.4, 0.5) is 0 Å². The minimum atomic E-state index is 0.777. The summed E-state index contributed by atoms with van der Waals surface area (Å²) < 4.78 is 0. The van der Waals surface area contributed by atoms with E-state index in [1.54, 1.807) is 0 Å². The number of nitrogens with one attached hydrogen (secondary N) is 1. The first-order chi connectivity index (χ1) is 5.93. The lowest BCUT2D eigenvalue weighted by Crippen LogP contribution is -2.11. The normalized spacial score (nSPS) is 10.8. The second kappa shape index (κ2) is 5.56. The molecule has 0 heterocycles. The van der Waals surface area contributed by atoms with Gasteiger partial charge < -0.3 is 5.32 Å². The molecule has 1 rings (SSSR count). The lowest BCUT2D eigenvalue weighted by molar-refractivity contribution is 0.843. The van der Waals surface area contributed by atoms with Crippen LogP contribution >= 0.6 is 0 Å². The first kappa shape index (κ1) is 9.01. The summed E-state index contributed by atoms with van der Waals surface area (Å²) in [5.41, 5.74) is 1.24. The van der Waals surface area contributed by atoms with Gasteiger partial charge in [-0.05, 0) is 19.0 Å². The standard InChI is InChI=1S/C11H14N/c1-2-12-10-6-9-11-7-4-3-5-8-11/h3-9,12H,1-2,10H2. The van der Waals surface area contributed by atoms with Crippen LogP contribution in [-0.4, -0.2) is 13.1 Å². The molecule has 1 aromatic rings. The minimum absolute atomic E-state index is 0.777. The fourth-order valence-electron chi connectivity index (χ4n) is 0.945. The molecule has 0 aliphatic rings. The van der Waals surface area contributed by atoms with Gasteiger partial charge in [0, 0.05) is 6.54 Å². The third kappa shape index (κ3) is 3.35. The number of hydrogen-bond donors (Lipinski definition) is 1. The molecule has 1 N–H and O–H groups in total. The van der Waals surface area contributed by atoms with Crippen LogP contribution in [0.3, 0.4) is 0 Å². The third-order valence-electron chi connectivity index (χ3n) is 1.55. The van der Waals surface area contributed by atoms with Gasteiger partial charge in [-0.15, -0.1) is 0 Å². The summed E-state index contributed by atoms with van der Waals surface area (Å²) in [5, 5.41) is 3.12. The highest BCUT2D eigenvalue weighted by Crippen LogP contribution is 1.99. The highest BCUT2D eigenvalue weighted by atomic mass is 14.8. The minimum Gasteiger partial charge on any atom is -0.313 e. The third-order valence-corrected chi connectivity index (χ3v) is 1.55. The summed E-state index contributed by atoms with van der Waals surface area (Å²) in [6.07, 6.45) is 4.20. The van der Waals surface area contributed by atoms with Gasteiger partial charge in [0.25, 0.3) is 0 Å². The molecule has 0 saturated carbocycles. The van der Waals surface area contributed by atoms with Crippen LogP contribution in [-0.2, 0) is 0 Å². The Kier molecular flexibility index (Phi) is 4.17. The molecule has 0 fully saturated rings. The number of hydrogen-bond acceptors (Lipinski definition) is 1. The molecular weight excluding hydrogens is 146 g/mol. The van der Waals surface area contributed by atoms with Gasteiger partial charge in [-0.25, -0.2) is 0 Å². The maximum absolute atomic E-state index is 3.69. The van der Waals surface area contributed by atoms with Crippen molar-refractivity contribution >= 4 is 6.08 Å². The van der Waals surface area contributed by atoms with Crippen molar-refractivity contribution in [3.8, 4) is 0 Å². The molecule has 0 bridgehead atoms. The van der Waals surface area contributed by atoms with E-state index in [-0.39, 0.29) is 0 Å². The predicted octanol–water partition coefficient (Wildman–Crippen LogP) is 2.12. The Balaban J connectivity index is 2.36. The molecule has 1 radical (unpaired) electrons. The highest BCUT2D eigenvalue weighted by molar-refractivity contribution is 5.48. The molecule has 1 aromatic carbocycles. The van der Waals surface area contributed by atoms with Gasteiger partial charge in [-0.1, -0.05) is 42.5 Å². The van der Waals surface area contributed by atoms with E-state index in [1.807, 2.05) is 18.2 Å². The van der Waals surface area contributed by atoms with Crippen LogP contribution in [0.15, 0.2) is 36.4 Å². The first-order valence-corrected chi connectivity index (χ1v) is 4.15. The Morgan fingerprint density at radius 2 is 2.00 bits per heavy atom. The molecule has 0 saturated heterocycles. The summed E-state index contributed by atoms with van der Waals surface area (Å²) in [5.74, 6) is 0. The lowest BCUT2D eigenvalue weighted by Gasteiger charge is -1.93. The molecule has 0 unspecified atom stereocenters. The van der Waals surface area contributed by atoms with Gasteiger partial charge in [0.15, 0.2) is 0 Å². The molecule has 12 heavy (non-hydrogen) atoms. The highest BCUT2D eigenvalue weighted by Gasteiger charge is 1.81. The van der Waals surface area contributed by atoms with Crippen molar-refractivity contribution in [1.82, 2.24) is 5.32 Å². The maximum Gasteiger partial charge on any atom is 0.0138 e. The van der Waals surface area contributed by atoms with Crippen molar-refractivity contribution in [3.63, 3.8) is 0 Å². The SMILES string of the molecule is [CH2]CNCC=Cc1ccccc1. The molecule has 0 aromatic heterocycles. The van der Waals surface area contributed by atoms with E-state index in [0.717, 1.165) is 13.1 Å². The van der Waals surface area contributed by atoms with Crippen molar-refractivity contribution in [2.24, 2.45) is 0 Å². The summed E-state index contributed by atoms with van der Waals surface area (Å²) in [7, 11) is 0. The summed E-state index contributed by atoms with van der Waals surface area (Å²) in [6, 6.07) is 10.3. The van der Waals surface area contributed by atoms with E-state index in [4.69, 9.17) is 0 Å². The van der Waals surface area contributed by atoms with E-state index >= 15 is 0 Å². The molecule has 0 amide bonds. The van der Waals surface area contributed by atoms with Crippen molar-refractivity contribution in [2.75, 3.05) is 13.1 Å². The van der Waals surface area contributed by atoms with E-state index in [0.29, 0.717) is 0 Å². The average molecular weight is 160 g/mol. The van der Waals surface area contributed by atoms with Crippen LogP contribution in [0.2, 0.25) is 0 Å². The zero-order valence-corrected chi connectivity index (χ0v) is 7.16. The van der Waals surface area contributed by atoms with Gasteiger partial charge in [-0.2, -0.15) is 0 Å². The molecular formula is C11H14N. The summed E-state index contributed by atoms with van der Waals surface area (Å²) in [4.78, 5) is 0. The van der Waals surface area contributed by atoms with Crippen LogP contribution in [0.1, 0.15) is 5.56 Å². The predicted molar refractivity (Wildman–Crippen MR) is 53.7 cm³/mol. The largest absolute Gasteiger partial charge is 0.313 e. The van der Waals surface area contributed by atoms with Gasteiger partial charge >= 0.3 is 0 Å². The zero-order valence-electron chi connectivity index (χ0n) is 7.16. The second-order valence-corrected chi connectivity index (χ2v) is 2.52. The molecule has 0 spiro atoms. The van der Waals surface area contributed by atoms with Crippen LogP contribution in [0.5, 0.6) is 0 Å². The van der Waals surface area contributed by atoms with Gasteiger partial charge in [0.2, 0.25) is 0 Å². The lowest BCUT2D eigenvalue weighted by atomic mass is 10.2. The zero-order chi connectivity index (χ0) is 8.65. The number of rotatable bonds is 4. The average Bonchev–Trinajstić information content (AvgIpc) is 2.14. The summed E-state index contributed by atoms with van der Waals surface area (Å²) in [6.45, 7) is 5.35. The van der Waals surface area contributed by atoms with Crippen LogP contribution in [0, 0.1) is 6.92 Å². The maximum atomic E-state index is 3.69. The van der Waals surface area contributed by atoms with Gasteiger partial charge in [0.05, 0.1) is 0 Å². The fourth-order valence-corrected chi connectivity index (χ4v) is 0.945. The van der Waals surface area contributed by atoms with Crippen LogP contribution in [0.25, 0.3) is 6.08 Å². The quantitative estimate of drug-likeness (QED) is 0.665. The van der Waals surface area contributed by atoms with Crippen LogP contribution < -0.4 is 5.32 Å². The van der Waals surface area contributed by atoms with Crippen molar-refractivity contribution in [1.29, 1.82) is 0 Å². The van der Waals surface area contributed by atoms with E-state index < -0.39 is 0 Å². The van der Waals surface area contributed by atoms with Gasteiger partial charge in [-0.3, -0.25) is 0 Å². The Bertz CT molecular complexity index is 226. The molecule has 0 aliphatic heterocycles. The van der Waals surface area contributed by atoms with E-state index in [1.165, 1.54) is 5.56 Å². The number of benzene rings is 1.